The van der Waals surface area contributed by atoms with Gasteiger partial charge in [0, 0.05) is 29.0 Å². The molecule has 0 aliphatic rings. The van der Waals surface area contributed by atoms with E-state index in [1.165, 1.54) is 18.2 Å². The van der Waals surface area contributed by atoms with Crippen molar-refractivity contribution in [1.82, 2.24) is 0 Å². The lowest BCUT2D eigenvalue weighted by atomic mass is 10.1. The van der Waals surface area contributed by atoms with Gasteiger partial charge in [0.2, 0.25) is 0 Å². The van der Waals surface area contributed by atoms with E-state index in [1.807, 2.05) is 0 Å². The second kappa shape index (κ2) is 7.63. The Morgan fingerprint density at radius 2 is 1.50 bits per heavy atom. The van der Waals surface area contributed by atoms with Gasteiger partial charge in [-0.1, -0.05) is 0 Å². The Morgan fingerprint density at radius 3 is 2.13 bits per heavy atom. The fourth-order valence-corrected chi connectivity index (χ4v) is 2.56. The summed E-state index contributed by atoms with van der Waals surface area (Å²) in [7, 11) is 0. The Bertz CT molecular complexity index is 1410. The number of nitrogens with zero attached hydrogens (tertiary/aromatic N) is 1. The Labute approximate surface area is 164 Å². The van der Waals surface area contributed by atoms with E-state index in [0.717, 1.165) is 18.2 Å². The summed E-state index contributed by atoms with van der Waals surface area (Å²) in [5, 5.41) is 27.1. The zero-order valence-electron chi connectivity index (χ0n) is 14.7. The van der Waals surface area contributed by atoms with Crippen molar-refractivity contribution >= 4 is 21.9 Å². The van der Waals surface area contributed by atoms with Crippen LogP contribution >= 0.6 is 0 Å². The maximum Gasteiger partial charge on any atom is 0.417 e. The molecule has 7 nitrogen and oxygen atoms in total. The van der Waals surface area contributed by atoms with Crippen LogP contribution in [0.5, 0.6) is 11.5 Å². The van der Waals surface area contributed by atoms with Crippen LogP contribution in [-0.2, 0) is 6.18 Å². The Hall–Kier alpha value is -4.26. The second-order valence-electron chi connectivity index (χ2n) is 5.94. The smallest absolute Gasteiger partial charge is 0.417 e. The van der Waals surface area contributed by atoms with Crippen molar-refractivity contribution in [3.8, 4) is 17.6 Å². The third-order valence-electron chi connectivity index (χ3n) is 3.87. The van der Waals surface area contributed by atoms with Gasteiger partial charge in [0.05, 0.1) is 5.56 Å². The number of hydrogen-bond acceptors (Lipinski definition) is 7. The molecule has 4 rings (SSSR count). The third kappa shape index (κ3) is 4.25. The number of phenolic OH excluding ortho intramolecular Hbond substituents is 2. The summed E-state index contributed by atoms with van der Waals surface area (Å²) >= 11 is 0. The van der Waals surface area contributed by atoms with Crippen LogP contribution in [0.3, 0.4) is 0 Å². The predicted octanol–water partition coefficient (Wildman–Crippen LogP) is 3.89. The van der Waals surface area contributed by atoms with Crippen molar-refractivity contribution in [3.05, 3.63) is 80.5 Å². The van der Waals surface area contributed by atoms with Gasteiger partial charge in [0.25, 0.3) is 0 Å². The maximum atomic E-state index is 12.6. The molecule has 2 heterocycles. The standard InChI is InChI=1S/C10H5F3O3.C10H5NO3/c11-10(12,13)7-4-9(15)16-8-3-5(14)1-2-6(7)8;11-5-7-3-6-1-2-8(12)4-9(6)14-10(7)13/h1-4,14H;1-4,12H. The highest BCUT2D eigenvalue weighted by Crippen LogP contribution is 2.34. The summed E-state index contributed by atoms with van der Waals surface area (Å²) in [6.07, 6.45) is -4.63. The van der Waals surface area contributed by atoms with Crippen molar-refractivity contribution in [2.24, 2.45) is 0 Å². The lowest BCUT2D eigenvalue weighted by Crippen LogP contribution is -2.10. The number of phenols is 2. The number of alkyl halides is 3. The number of benzene rings is 2. The first-order valence-corrected chi connectivity index (χ1v) is 8.09. The SMILES string of the molecule is N#Cc1cc2ccc(O)cc2oc1=O.O=c1cc(C(F)(F)F)c2ccc(O)cc2o1. The van der Waals surface area contributed by atoms with E-state index in [4.69, 9.17) is 19.9 Å². The fourth-order valence-electron chi connectivity index (χ4n) is 2.56. The van der Waals surface area contributed by atoms with E-state index in [0.29, 0.717) is 11.5 Å². The molecular formula is C20H10F3NO6. The lowest BCUT2D eigenvalue weighted by molar-refractivity contribution is -0.136. The molecule has 0 radical (unpaired) electrons. The number of hydrogen-bond donors (Lipinski definition) is 2. The summed E-state index contributed by atoms with van der Waals surface area (Å²) in [4.78, 5) is 22.0. The van der Waals surface area contributed by atoms with Gasteiger partial charge in [-0.25, -0.2) is 9.59 Å². The number of nitriles is 1. The summed E-state index contributed by atoms with van der Waals surface area (Å²) in [6, 6.07) is 11.0. The fraction of sp³-hybridized carbons (Fsp3) is 0.0500. The van der Waals surface area contributed by atoms with E-state index in [1.54, 1.807) is 12.1 Å². The van der Waals surface area contributed by atoms with Crippen LogP contribution < -0.4 is 11.3 Å². The van der Waals surface area contributed by atoms with Gasteiger partial charge in [-0.3, -0.25) is 0 Å². The van der Waals surface area contributed by atoms with E-state index < -0.39 is 23.0 Å². The van der Waals surface area contributed by atoms with Crippen molar-refractivity contribution < 1.29 is 32.2 Å². The monoisotopic (exact) mass is 417 g/mol. The highest BCUT2D eigenvalue weighted by atomic mass is 19.4. The molecule has 0 aliphatic carbocycles. The molecule has 10 heteroatoms. The first-order chi connectivity index (χ1) is 14.1. The average Bonchev–Trinajstić information content (AvgIpc) is 2.66. The maximum absolute atomic E-state index is 12.6. The molecule has 0 saturated heterocycles. The summed E-state index contributed by atoms with van der Waals surface area (Å²) < 4.78 is 47.1. The Kier molecular flexibility index (Phi) is 5.21. The van der Waals surface area contributed by atoms with Gasteiger partial charge in [0.15, 0.2) is 0 Å². The van der Waals surface area contributed by atoms with Crippen LogP contribution in [0.15, 0.2) is 67.0 Å². The van der Waals surface area contributed by atoms with E-state index >= 15 is 0 Å². The van der Waals surface area contributed by atoms with Crippen molar-refractivity contribution in [3.63, 3.8) is 0 Å². The Balaban J connectivity index is 0.000000172. The second-order valence-corrected chi connectivity index (χ2v) is 5.94. The zero-order valence-corrected chi connectivity index (χ0v) is 14.7. The molecule has 30 heavy (non-hydrogen) atoms. The Morgan fingerprint density at radius 1 is 0.867 bits per heavy atom. The third-order valence-corrected chi connectivity index (χ3v) is 3.87. The molecule has 4 aromatic rings. The predicted molar refractivity (Wildman–Crippen MR) is 98.0 cm³/mol. The van der Waals surface area contributed by atoms with Crippen molar-refractivity contribution in [1.29, 1.82) is 5.26 Å². The molecule has 0 unspecified atom stereocenters. The van der Waals surface area contributed by atoms with Crippen LogP contribution in [0.4, 0.5) is 13.2 Å². The first kappa shape index (κ1) is 20.5. The molecular weight excluding hydrogens is 407 g/mol. The highest BCUT2D eigenvalue weighted by molar-refractivity contribution is 5.82. The van der Waals surface area contributed by atoms with Crippen LogP contribution in [0.25, 0.3) is 21.9 Å². The molecule has 0 fully saturated rings. The number of rotatable bonds is 0. The molecule has 2 aromatic carbocycles. The van der Waals surface area contributed by atoms with Gasteiger partial charge in [-0.2, -0.15) is 18.4 Å². The largest absolute Gasteiger partial charge is 0.508 e. The van der Waals surface area contributed by atoms with Crippen LogP contribution in [-0.4, -0.2) is 10.2 Å². The van der Waals surface area contributed by atoms with E-state index in [-0.39, 0.29) is 33.6 Å². The van der Waals surface area contributed by atoms with Crippen LogP contribution in [0, 0.1) is 11.3 Å². The molecule has 2 aromatic heterocycles. The lowest BCUT2D eigenvalue weighted by Gasteiger charge is -2.08. The first-order valence-electron chi connectivity index (χ1n) is 8.09. The molecule has 0 saturated carbocycles. The summed E-state index contributed by atoms with van der Waals surface area (Å²) in [6.45, 7) is 0. The molecule has 2 N–H and O–H groups in total. The highest BCUT2D eigenvalue weighted by Gasteiger charge is 2.33. The zero-order chi connectivity index (χ0) is 22.1. The van der Waals surface area contributed by atoms with Crippen molar-refractivity contribution in [2.75, 3.05) is 0 Å². The minimum atomic E-state index is -4.63. The van der Waals surface area contributed by atoms with Crippen LogP contribution in [0.1, 0.15) is 11.1 Å². The topological polar surface area (TPSA) is 125 Å². The molecule has 0 bridgehead atoms. The van der Waals surface area contributed by atoms with Crippen molar-refractivity contribution in [2.45, 2.75) is 6.18 Å². The van der Waals surface area contributed by atoms with Gasteiger partial charge in [-0.05, 0) is 30.3 Å². The van der Waals surface area contributed by atoms with Gasteiger partial charge in [0.1, 0.15) is 34.3 Å². The normalized spacial score (nSPS) is 11.0. The summed E-state index contributed by atoms with van der Waals surface area (Å²) in [5.41, 5.74) is -2.92. The van der Waals surface area contributed by atoms with E-state index in [2.05, 4.69) is 4.42 Å². The molecule has 0 aliphatic heterocycles. The molecule has 152 valence electrons. The number of halogens is 3. The minimum absolute atomic E-state index is 0.0188. The average molecular weight is 417 g/mol. The minimum Gasteiger partial charge on any atom is -0.508 e. The van der Waals surface area contributed by atoms with Crippen LogP contribution in [0.2, 0.25) is 0 Å². The van der Waals surface area contributed by atoms with Gasteiger partial charge < -0.3 is 19.0 Å². The van der Waals surface area contributed by atoms with E-state index in [9.17, 15) is 22.8 Å². The number of aromatic hydroxyl groups is 2. The summed E-state index contributed by atoms with van der Waals surface area (Å²) in [5.74, 6) is -0.250. The quantitative estimate of drug-likeness (QED) is 0.416. The van der Waals surface area contributed by atoms with Gasteiger partial charge >= 0.3 is 17.4 Å². The molecule has 0 amide bonds. The molecule has 0 spiro atoms. The molecule has 0 atom stereocenters. The van der Waals surface area contributed by atoms with Gasteiger partial charge in [-0.15, -0.1) is 0 Å². The number of fused-ring (bicyclic) bond motifs is 2.